The van der Waals surface area contributed by atoms with E-state index in [0.717, 1.165) is 17.3 Å². The molecule has 1 aliphatic heterocycles. The van der Waals surface area contributed by atoms with E-state index in [1.807, 2.05) is 23.8 Å². The quantitative estimate of drug-likeness (QED) is 0.811. The third-order valence-electron chi connectivity index (χ3n) is 4.23. The summed E-state index contributed by atoms with van der Waals surface area (Å²) in [6.45, 7) is 2.44. The Hall–Kier alpha value is -0.820. The van der Waals surface area contributed by atoms with Gasteiger partial charge in [-0.1, -0.05) is 0 Å². The first kappa shape index (κ1) is 15.1. The van der Waals surface area contributed by atoms with Gasteiger partial charge >= 0.3 is 0 Å². The monoisotopic (exact) mass is 374 g/mol. The second kappa shape index (κ2) is 5.43. The van der Waals surface area contributed by atoms with Crippen LogP contribution in [0.3, 0.4) is 0 Å². The maximum absolute atomic E-state index is 12.8. The molecule has 1 saturated carbocycles. The summed E-state index contributed by atoms with van der Waals surface area (Å²) in [5.74, 6) is 0.226. The summed E-state index contributed by atoms with van der Waals surface area (Å²) in [5.41, 5.74) is 0.663. The van der Waals surface area contributed by atoms with Crippen LogP contribution in [-0.2, 0) is 9.84 Å². The van der Waals surface area contributed by atoms with Crippen molar-refractivity contribution in [2.75, 3.05) is 18.1 Å². The molecule has 1 aliphatic carbocycles. The molecule has 21 heavy (non-hydrogen) atoms. The molecule has 0 bridgehead atoms. The first-order valence-electron chi connectivity index (χ1n) is 7.30. The fraction of sp³-hybridized carbons (Fsp3) is 0.643. The van der Waals surface area contributed by atoms with Gasteiger partial charge in [0.1, 0.15) is 5.69 Å². The van der Waals surface area contributed by atoms with E-state index in [1.165, 1.54) is 0 Å². The zero-order valence-corrected chi connectivity index (χ0v) is 14.4. The molecule has 0 radical (unpaired) electrons. The summed E-state index contributed by atoms with van der Waals surface area (Å²) in [5, 5.41) is 0. The van der Waals surface area contributed by atoms with E-state index in [2.05, 4.69) is 15.9 Å². The average molecular weight is 375 g/mol. The van der Waals surface area contributed by atoms with Crippen molar-refractivity contribution in [1.82, 2.24) is 9.47 Å². The number of sulfone groups is 1. The summed E-state index contributed by atoms with van der Waals surface area (Å²) in [6, 6.07) is 2.07. The van der Waals surface area contributed by atoms with E-state index in [-0.39, 0.29) is 23.5 Å². The smallest absolute Gasteiger partial charge is 0.270 e. The number of amides is 1. The molecule has 5 nitrogen and oxygen atoms in total. The Morgan fingerprint density at radius 2 is 2.14 bits per heavy atom. The van der Waals surface area contributed by atoms with E-state index in [4.69, 9.17) is 0 Å². The molecule has 1 unspecified atom stereocenters. The van der Waals surface area contributed by atoms with Gasteiger partial charge < -0.3 is 9.47 Å². The Kier molecular flexibility index (Phi) is 3.90. The molecular formula is C14H19BrN2O3S. The lowest BCUT2D eigenvalue weighted by Crippen LogP contribution is -2.41. The molecule has 1 aromatic heterocycles. The second-order valence-electron chi connectivity index (χ2n) is 5.83. The lowest BCUT2D eigenvalue weighted by atomic mass is 10.2. The van der Waals surface area contributed by atoms with Crippen molar-refractivity contribution in [3.8, 4) is 0 Å². The van der Waals surface area contributed by atoms with Gasteiger partial charge in [-0.3, -0.25) is 4.79 Å². The van der Waals surface area contributed by atoms with Crippen LogP contribution in [0.4, 0.5) is 0 Å². The van der Waals surface area contributed by atoms with Gasteiger partial charge in [0.25, 0.3) is 5.91 Å². The van der Waals surface area contributed by atoms with Gasteiger partial charge in [-0.25, -0.2) is 8.42 Å². The van der Waals surface area contributed by atoms with Crippen LogP contribution < -0.4 is 0 Å². The zero-order valence-electron chi connectivity index (χ0n) is 12.0. The summed E-state index contributed by atoms with van der Waals surface area (Å²) in [6.07, 6.45) is 4.70. The summed E-state index contributed by atoms with van der Waals surface area (Å²) in [4.78, 5) is 14.5. The molecule has 0 spiro atoms. The highest BCUT2D eigenvalue weighted by atomic mass is 79.9. The molecule has 1 aromatic rings. The fourth-order valence-corrected chi connectivity index (χ4v) is 5.18. The molecule has 1 amide bonds. The Bertz CT molecular complexity index is 664. The van der Waals surface area contributed by atoms with E-state index in [9.17, 15) is 13.2 Å². The van der Waals surface area contributed by atoms with Crippen LogP contribution in [0.2, 0.25) is 0 Å². The van der Waals surface area contributed by atoms with E-state index >= 15 is 0 Å². The van der Waals surface area contributed by atoms with E-state index < -0.39 is 9.84 Å². The predicted molar refractivity (Wildman–Crippen MR) is 84.2 cm³/mol. The number of aromatic nitrogens is 1. The molecule has 1 atom stereocenters. The standard InChI is InChI=1S/C14H19BrN2O3S/c1-2-16(12-5-6-21(19,20)9-12)14(18)13-7-10(15)8-17(13)11-3-4-11/h7-8,11-12H,2-6,9H2,1H3. The largest absolute Gasteiger partial charge is 0.339 e. The number of nitrogens with zero attached hydrogens (tertiary/aromatic N) is 2. The number of hydrogen-bond acceptors (Lipinski definition) is 3. The fourth-order valence-electron chi connectivity index (χ4n) is 3.01. The first-order chi connectivity index (χ1) is 9.91. The molecule has 3 rings (SSSR count). The summed E-state index contributed by atoms with van der Waals surface area (Å²) in [7, 11) is -2.99. The van der Waals surface area contributed by atoms with E-state index in [1.54, 1.807) is 4.90 Å². The molecule has 2 aliphatic rings. The van der Waals surface area contributed by atoms with Gasteiger partial charge in [-0.2, -0.15) is 0 Å². The molecule has 0 aromatic carbocycles. The Labute approximate surface area is 133 Å². The second-order valence-corrected chi connectivity index (χ2v) is 8.97. The normalized spacial score (nSPS) is 24.2. The highest BCUT2D eigenvalue weighted by Crippen LogP contribution is 2.38. The molecule has 1 saturated heterocycles. The third-order valence-corrected chi connectivity index (χ3v) is 6.41. The maximum atomic E-state index is 12.8. The molecule has 0 N–H and O–H groups in total. The average Bonchev–Trinajstić information content (AvgIpc) is 3.10. The van der Waals surface area contributed by atoms with Gasteiger partial charge in [0.15, 0.2) is 9.84 Å². The van der Waals surface area contributed by atoms with Gasteiger partial charge in [0.05, 0.1) is 11.5 Å². The lowest BCUT2D eigenvalue weighted by Gasteiger charge is -2.27. The van der Waals surface area contributed by atoms with Gasteiger partial charge in [0, 0.05) is 29.3 Å². The first-order valence-corrected chi connectivity index (χ1v) is 9.91. The lowest BCUT2D eigenvalue weighted by molar-refractivity contribution is 0.0697. The van der Waals surface area contributed by atoms with Crippen molar-refractivity contribution in [2.24, 2.45) is 0 Å². The van der Waals surface area contributed by atoms with Crippen LogP contribution in [0.1, 0.15) is 42.7 Å². The topological polar surface area (TPSA) is 59.4 Å². The van der Waals surface area contributed by atoms with Crippen LogP contribution >= 0.6 is 15.9 Å². The highest BCUT2D eigenvalue weighted by molar-refractivity contribution is 9.10. The van der Waals surface area contributed by atoms with Crippen LogP contribution in [0.15, 0.2) is 16.7 Å². The third kappa shape index (κ3) is 3.04. The van der Waals surface area contributed by atoms with Gasteiger partial charge in [-0.05, 0) is 48.2 Å². The molecular weight excluding hydrogens is 356 g/mol. The maximum Gasteiger partial charge on any atom is 0.270 e. The van der Waals surface area contributed by atoms with E-state index in [0.29, 0.717) is 24.7 Å². The number of hydrogen-bond donors (Lipinski definition) is 0. The molecule has 7 heteroatoms. The number of carbonyl (C=O) groups excluding carboxylic acids is 1. The number of carbonyl (C=O) groups is 1. The van der Waals surface area contributed by atoms with Crippen LogP contribution in [0, 0.1) is 0 Å². The van der Waals surface area contributed by atoms with Crippen LogP contribution in [0.25, 0.3) is 0 Å². The minimum Gasteiger partial charge on any atom is -0.339 e. The summed E-state index contributed by atoms with van der Waals surface area (Å²) < 4.78 is 26.2. The van der Waals surface area contributed by atoms with Crippen molar-refractivity contribution >= 4 is 31.7 Å². The Morgan fingerprint density at radius 3 is 2.67 bits per heavy atom. The number of rotatable bonds is 4. The van der Waals surface area contributed by atoms with Crippen LogP contribution in [0.5, 0.6) is 0 Å². The predicted octanol–water partition coefficient (Wildman–Crippen LogP) is 2.23. The van der Waals surface area contributed by atoms with Crippen molar-refractivity contribution < 1.29 is 13.2 Å². The van der Waals surface area contributed by atoms with Crippen molar-refractivity contribution in [3.05, 3.63) is 22.4 Å². The Morgan fingerprint density at radius 1 is 1.43 bits per heavy atom. The van der Waals surface area contributed by atoms with Crippen molar-refractivity contribution in [1.29, 1.82) is 0 Å². The van der Waals surface area contributed by atoms with Crippen LogP contribution in [-0.4, -0.2) is 47.9 Å². The SMILES string of the molecule is CCN(C(=O)c1cc(Br)cn1C1CC1)C1CCS(=O)(=O)C1. The van der Waals surface area contributed by atoms with Gasteiger partial charge in [0.2, 0.25) is 0 Å². The molecule has 116 valence electrons. The Balaban J connectivity index is 1.86. The zero-order chi connectivity index (χ0) is 15.2. The summed E-state index contributed by atoms with van der Waals surface area (Å²) >= 11 is 3.43. The van der Waals surface area contributed by atoms with Crippen molar-refractivity contribution in [2.45, 2.75) is 38.3 Å². The number of halogens is 1. The van der Waals surface area contributed by atoms with Gasteiger partial charge in [-0.15, -0.1) is 0 Å². The van der Waals surface area contributed by atoms with Crippen molar-refractivity contribution in [3.63, 3.8) is 0 Å². The molecule has 2 heterocycles. The minimum absolute atomic E-state index is 0.0581. The highest BCUT2D eigenvalue weighted by Gasteiger charge is 2.36. The minimum atomic E-state index is -2.99. The molecule has 2 fully saturated rings.